The Bertz CT molecular complexity index is 447. The zero-order valence-electron chi connectivity index (χ0n) is 9.44. The molecule has 0 aliphatic carbocycles. The first kappa shape index (κ1) is 12.2. The quantitative estimate of drug-likeness (QED) is 0.746. The van der Waals surface area contributed by atoms with Gasteiger partial charge in [-0.15, -0.1) is 0 Å². The predicted molar refractivity (Wildman–Crippen MR) is 59.3 cm³/mol. The molecule has 0 radical (unpaired) electrons. The molecule has 1 aromatic rings. The summed E-state index contributed by atoms with van der Waals surface area (Å²) < 4.78 is 28.5. The third-order valence-electron chi connectivity index (χ3n) is 2.14. The lowest BCUT2D eigenvalue weighted by Gasteiger charge is -2.11. The van der Waals surface area contributed by atoms with Gasteiger partial charge in [0.25, 0.3) is 10.1 Å². The minimum Gasteiger partial charge on any atom is -0.264 e. The summed E-state index contributed by atoms with van der Waals surface area (Å²) in [6.07, 6.45) is -0.338. The van der Waals surface area contributed by atoms with Crippen LogP contribution in [0.3, 0.4) is 0 Å². The zero-order valence-corrected chi connectivity index (χ0v) is 10.3. The van der Waals surface area contributed by atoms with E-state index in [1.165, 1.54) is 0 Å². The maximum Gasteiger partial charge on any atom is 0.297 e. The SMILES string of the molecule is Cc1cccc(S(=O)(=O)OC(C)C)c1C. The van der Waals surface area contributed by atoms with E-state index < -0.39 is 10.1 Å². The Kier molecular flexibility index (Phi) is 3.52. The van der Waals surface area contributed by atoms with Gasteiger partial charge in [0.05, 0.1) is 11.0 Å². The molecule has 0 saturated carbocycles. The molecule has 0 aliphatic rings. The molecule has 0 saturated heterocycles. The van der Waals surface area contributed by atoms with E-state index in [2.05, 4.69) is 0 Å². The van der Waals surface area contributed by atoms with Gasteiger partial charge < -0.3 is 0 Å². The van der Waals surface area contributed by atoms with Gasteiger partial charge in [-0.2, -0.15) is 8.42 Å². The molecule has 1 aromatic carbocycles. The average Bonchev–Trinajstić information content (AvgIpc) is 2.07. The van der Waals surface area contributed by atoms with E-state index in [-0.39, 0.29) is 11.0 Å². The van der Waals surface area contributed by atoms with Crippen molar-refractivity contribution in [1.82, 2.24) is 0 Å². The monoisotopic (exact) mass is 228 g/mol. The van der Waals surface area contributed by atoms with Crippen LogP contribution >= 0.6 is 0 Å². The van der Waals surface area contributed by atoms with E-state index in [1.807, 2.05) is 13.0 Å². The fourth-order valence-corrected chi connectivity index (χ4v) is 2.69. The number of aryl methyl sites for hydroxylation is 1. The van der Waals surface area contributed by atoms with Gasteiger partial charge in [-0.05, 0) is 44.9 Å². The molecular weight excluding hydrogens is 212 g/mol. The third-order valence-corrected chi connectivity index (χ3v) is 3.76. The Morgan fingerprint density at radius 2 is 1.80 bits per heavy atom. The minimum atomic E-state index is -3.61. The summed E-state index contributed by atoms with van der Waals surface area (Å²) >= 11 is 0. The molecule has 0 aliphatic heterocycles. The first-order chi connectivity index (χ1) is 6.84. The standard InChI is InChI=1S/C11H16O3S/c1-8(2)14-15(12,13)11-7-5-6-9(3)10(11)4/h5-8H,1-4H3. The fourth-order valence-electron chi connectivity index (χ4n) is 1.30. The predicted octanol–water partition coefficient (Wildman–Crippen LogP) is 2.42. The molecule has 0 aromatic heterocycles. The molecule has 3 nitrogen and oxygen atoms in total. The molecule has 0 atom stereocenters. The lowest BCUT2D eigenvalue weighted by molar-refractivity contribution is 0.248. The highest BCUT2D eigenvalue weighted by Crippen LogP contribution is 2.21. The summed E-state index contributed by atoms with van der Waals surface area (Å²) in [6.45, 7) is 7.06. The molecule has 0 heterocycles. The second kappa shape index (κ2) is 4.33. The van der Waals surface area contributed by atoms with Crippen LogP contribution < -0.4 is 0 Å². The Hall–Kier alpha value is -0.870. The van der Waals surface area contributed by atoms with Crippen molar-refractivity contribution in [2.45, 2.75) is 38.7 Å². The number of hydrogen-bond donors (Lipinski definition) is 0. The van der Waals surface area contributed by atoms with Crippen LogP contribution in [0.25, 0.3) is 0 Å². The molecule has 84 valence electrons. The van der Waals surface area contributed by atoms with Crippen LogP contribution in [-0.2, 0) is 14.3 Å². The van der Waals surface area contributed by atoms with Crippen molar-refractivity contribution in [3.8, 4) is 0 Å². The molecule has 0 unspecified atom stereocenters. The zero-order chi connectivity index (χ0) is 11.6. The average molecular weight is 228 g/mol. The van der Waals surface area contributed by atoms with Gasteiger partial charge in [0.1, 0.15) is 0 Å². The molecule has 0 N–H and O–H groups in total. The van der Waals surface area contributed by atoms with Crippen molar-refractivity contribution in [2.75, 3.05) is 0 Å². The van der Waals surface area contributed by atoms with Crippen LogP contribution in [0.5, 0.6) is 0 Å². The summed E-state index contributed by atoms with van der Waals surface area (Å²) in [7, 11) is -3.61. The molecule has 4 heteroatoms. The summed E-state index contributed by atoms with van der Waals surface area (Å²) in [5, 5.41) is 0. The van der Waals surface area contributed by atoms with E-state index in [0.29, 0.717) is 0 Å². The highest BCUT2D eigenvalue weighted by Gasteiger charge is 2.19. The number of rotatable bonds is 3. The topological polar surface area (TPSA) is 43.4 Å². The van der Waals surface area contributed by atoms with Gasteiger partial charge in [-0.3, -0.25) is 4.18 Å². The highest BCUT2D eigenvalue weighted by atomic mass is 32.2. The van der Waals surface area contributed by atoms with Crippen LogP contribution in [0.1, 0.15) is 25.0 Å². The number of benzene rings is 1. The van der Waals surface area contributed by atoms with Crippen LogP contribution in [-0.4, -0.2) is 14.5 Å². The van der Waals surface area contributed by atoms with Gasteiger partial charge in [-0.25, -0.2) is 0 Å². The van der Waals surface area contributed by atoms with Crippen molar-refractivity contribution in [2.24, 2.45) is 0 Å². The summed E-state index contributed by atoms with van der Waals surface area (Å²) in [6, 6.07) is 5.17. The van der Waals surface area contributed by atoms with E-state index >= 15 is 0 Å². The Balaban J connectivity index is 3.22. The normalized spacial score (nSPS) is 12.1. The molecule has 0 spiro atoms. The Morgan fingerprint density at radius 1 is 1.20 bits per heavy atom. The first-order valence-electron chi connectivity index (χ1n) is 4.84. The summed E-state index contributed by atoms with van der Waals surface area (Å²) in [5.41, 5.74) is 1.70. The van der Waals surface area contributed by atoms with Crippen molar-refractivity contribution in [1.29, 1.82) is 0 Å². The van der Waals surface area contributed by atoms with Crippen LogP contribution in [0.15, 0.2) is 23.1 Å². The van der Waals surface area contributed by atoms with Crippen LogP contribution in [0.2, 0.25) is 0 Å². The van der Waals surface area contributed by atoms with Gasteiger partial charge in [0.2, 0.25) is 0 Å². The smallest absolute Gasteiger partial charge is 0.264 e. The second-order valence-corrected chi connectivity index (χ2v) is 5.34. The second-order valence-electron chi connectivity index (χ2n) is 3.80. The first-order valence-corrected chi connectivity index (χ1v) is 6.25. The summed E-state index contributed by atoms with van der Waals surface area (Å²) in [4.78, 5) is 0.260. The lowest BCUT2D eigenvalue weighted by atomic mass is 10.1. The highest BCUT2D eigenvalue weighted by molar-refractivity contribution is 7.86. The third kappa shape index (κ3) is 2.79. The molecule has 0 fully saturated rings. The largest absolute Gasteiger partial charge is 0.297 e. The van der Waals surface area contributed by atoms with E-state index in [0.717, 1.165) is 11.1 Å². The van der Waals surface area contributed by atoms with E-state index in [9.17, 15) is 8.42 Å². The van der Waals surface area contributed by atoms with Crippen molar-refractivity contribution < 1.29 is 12.6 Å². The Morgan fingerprint density at radius 3 is 2.33 bits per heavy atom. The van der Waals surface area contributed by atoms with Crippen LogP contribution in [0.4, 0.5) is 0 Å². The van der Waals surface area contributed by atoms with Gasteiger partial charge in [0.15, 0.2) is 0 Å². The molecule has 15 heavy (non-hydrogen) atoms. The van der Waals surface area contributed by atoms with Gasteiger partial charge in [0, 0.05) is 0 Å². The van der Waals surface area contributed by atoms with Crippen molar-refractivity contribution in [3.63, 3.8) is 0 Å². The van der Waals surface area contributed by atoms with Gasteiger partial charge >= 0.3 is 0 Å². The fraction of sp³-hybridized carbons (Fsp3) is 0.455. The molecular formula is C11H16O3S. The van der Waals surface area contributed by atoms with Crippen LogP contribution in [0, 0.1) is 13.8 Å². The maximum absolute atomic E-state index is 11.8. The minimum absolute atomic E-state index is 0.260. The Labute approximate surface area is 91.2 Å². The molecule has 1 rings (SSSR count). The molecule has 0 bridgehead atoms. The number of hydrogen-bond acceptors (Lipinski definition) is 3. The van der Waals surface area contributed by atoms with Crippen molar-refractivity contribution in [3.05, 3.63) is 29.3 Å². The lowest BCUT2D eigenvalue weighted by Crippen LogP contribution is -2.13. The van der Waals surface area contributed by atoms with Crippen molar-refractivity contribution >= 4 is 10.1 Å². The van der Waals surface area contributed by atoms with E-state index in [4.69, 9.17) is 4.18 Å². The summed E-state index contributed by atoms with van der Waals surface area (Å²) in [5.74, 6) is 0. The molecule has 0 amide bonds. The maximum atomic E-state index is 11.8. The van der Waals surface area contributed by atoms with E-state index in [1.54, 1.807) is 32.9 Å². The van der Waals surface area contributed by atoms with Gasteiger partial charge in [-0.1, -0.05) is 12.1 Å².